The number of anilines is 2. The van der Waals surface area contributed by atoms with Crippen molar-refractivity contribution in [2.75, 3.05) is 76.0 Å². The molecule has 1 aromatic heterocycles. The number of aliphatic hydroxyl groups excluding tert-OH is 1. The molecule has 0 radical (unpaired) electrons. The number of nitrogens with zero attached hydrogens (tertiary/aromatic N) is 4. The van der Waals surface area contributed by atoms with Crippen molar-refractivity contribution in [1.29, 1.82) is 0 Å². The summed E-state index contributed by atoms with van der Waals surface area (Å²) in [6.45, 7) is 12.6. The number of halogens is 1. The number of benzene rings is 3. The summed E-state index contributed by atoms with van der Waals surface area (Å²) in [6, 6.07) is 16.2. The normalized spacial score (nSPS) is 16.6. The largest absolute Gasteiger partial charge is 0.508 e. The first-order valence-corrected chi connectivity index (χ1v) is 20.0. The molecule has 2 unspecified atom stereocenters. The third-order valence-corrected chi connectivity index (χ3v) is 10.7. The van der Waals surface area contributed by atoms with Crippen molar-refractivity contribution >= 4 is 34.0 Å². The van der Waals surface area contributed by atoms with Crippen molar-refractivity contribution < 1.29 is 38.4 Å². The van der Waals surface area contributed by atoms with Crippen LogP contribution in [0.1, 0.15) is 62.6 Å². The van der Waals surface area contributed by atoms with Gasteiger partial charge in [0.15, 0.2) is 5.13 Å². The molecule has 3 heterocycles. The van der Waals surface area contributed by atoms with Gasteiger partial charge < -0.3 is 39.5 Å². The number of nitrogens with one attached hydrogen (secondary N) is 1. The molecule has 2 aliphatic rings. The molecule has 0 bridgehead atoms. The average molecular weight is 790 g/mol. The molecular formula is C42H52FN5O7S. The third kappa shape index (κ3) is 10.9. The van der Waals surface area contributed by atoms with Crippen LogP contribution in [0, 0.1) is 11.2 Å². The number of carbonyl (C=O) groups is 2. The monoisotopic (exact) mass is 789 g/mol. The molecule has 0 spiro atoms. The van der Waals surface area contributed by atoms with E-state index in [2.05, 4.69) is 48.1 Å². The number of aromatic nitrogens is 1. The highest BCUT2D eigenvalue weighted by Crippen LogP contribution is 2.43. The molecule has 2 atom stereocenters. The molecule has 0 aliphatic carbocycles. The number of amides is 2. The Bertz CT molecular complexity index is 1900. The van der Waals surface area contributed by atoms with Crippen molar-refractivity contribution in [3.05, 3.63) is 94.7 Å². The lowest BCUT2D eigenvalue weighted by atomic mass is 9.93. The molecule has 14 heteroatoms. The molecule has 6 rings (SSSR count). The zero-order chi connectivity index (χ0) is 39.7. The van der Waals surface area contributed by atoms with Gasteiger partial charge in [0, 0.05) is 67.7 Å². The minimum atomic E-state index is -1.20. The van der Waals surface area contributed by atoms with Crippen LogP contribution in [-0.4, -0.2) is 103 Å². The van der Waals surface area contributed by atoms with Crippen LogP contribution in [0.25, 0.3) is 11.1 Å². The lowest BCUT2D eigenvalue weighted by Gasteiger charge is -2.36. The maximum atomic E-state index is 14.4. The topological polar surface area (TPSA) is 137 Å². The Morgan fingerprint density at radius 2 is 1.59 bits per heavy atom. The number of hydrogen-bond donors (Lipinski definition) is 3. The molecule has 1 saturated heterocycles. The molecule has 0 saturated carbocycles. The van der Waals surface area contributed by atoms with E-state index < -0.39 is 24.0 Å². The molecule has 2 aliphatic heterocycles. The summed E-state index contributed by atoms with van der Waals surface area (Å²) in [5.74, 6) is -1.33. The van der Waals surface area contributed by atoms with Crippen LogP contribution in [0.2, 0.25) is 0 Å². The number of thiazole rings is 1. The molecule has 300 valence electrons. The van der Waals surface area contributed by atoms with Gasteiger partial charge in [0.2, 0.25) is 11.8 Å². The quantitative estimate of drug-likeness (QED) is 0.104. The second kappa shape index (κ2) is 19.1. The summed E-state index contributed by atoms with van der Waals surface area (Å²) in [5.41, 5.74) is 4.64. The summed E-state index contributed by atoms with van der Waals surface area (Å²) in [4.78, 5) is 36.3. The molecule has 12 nitrogen and oxygen atoms in total. The average Bonchev–Trinajstić information content (AvgIpc) is 3.82. The summed E-state index contributed by atoms with van der Waals surface area (Å²) >= 11 is 1.23. The maximum absolute atomic E-state index is 14.4. The highest BCUT2D eigenvalue weighted by molar-refractivity contribution is 7.13. The Balaban J connectivity index is 0.974. The fraction of sp³-hybridized carbons (Fsp3) is 0.452. The number of phenolic OH excluding ortho intramolecular Hbond substituents is 1. The van der Waals surface area contributed by atoms with Crippen LogP contribution in [0.3, 0.4) is 0 Å². The van der Waals surface area contributed by atoms with E-state index in [-0.39, 0.29) is 29.2 Å². The van der Waals surface area contributed by atoms with E-state index in [4.69, 9.17) is 14.2 Å². The van der Waals surface area contributed by atoms with Gasteiger partial charge in [-0.25, -0.2) is 9.37 Å². The Morgan fingerprint density at radius 3 is 2.27 bits per heavy atom. The predicted molar refractivity (Wildman–Crippen MR) is 214 cm³/mol. The van der Waals surface area contributed by atoms with Crippen molar-refractivity contribution in [3.63, 3.8) is 0 Å². The lowest BCUT2D eigenvalue weighted by Crippen LogP contribution is -2.49. The Morgan fingerprint density at radius 1 is 0.911 bits per heavy atom. The number of rotatable bonds is 17. The highest BCUT2D eigenvalue weighted by Gasteiger charge is 2.40. The number of fused-ring (bicyclic) bond motifs is 1. The zero-order valence-electron chi connectivity index (χ0n) is 32.3. The van der Waals surface area contributed by atoms with E-state index in [0.717, 1.165) is 60.6 Å². The van der Waals surface area contributed by atoms with Gasteiger partial charge in [0.25, 0.3) is 0 Å². The van der Waals surface area contributed by atoms with E-state index in [9.17, 15) is 24.2 Å². The Kier molecular flexibility index (Phi) is 14.1. The Labute approximate surface area is 331 Å². The van der Waals surface area contributed by atoms with Gasteiger partial charge in [0.1, 0.15) is 23.8 Å². The van der Waals surface area contributed by atoms with Gasteiger partial charge in [-0.3, -0.25) is 14.5 Å². The number of piperazine rings is 1. The summed E-state index contributed by atoms with van der Waals surface area (Å²) in [7, 11) is 0. The van der Waals surface area contributed by atoms with Gasteiger partial charge in [-0.05, 0) is 64.9 Å². The second-order valence-corrected chi connectivity index (χ2v) is 16.1. The molecule has 3 N–H and O–H groups in total. The minimum Gasteiger partial charge on any atom is -0.508 e. The molecule has 1 fully saturated rings. The van der Waals surface area contributed by atoms with Crippen molar-refractivity contribution in [2.24, 2.45) is 5.41 Å². The van der Waals surface area contributed by atoms with Crippen LogP contribution in [0.5, 0.6) is 5.75 Å². The Hall–Kier alpha value is -4.44. The van der Waals surface area contributed by atoms with Crippen LogP contribution >= 0.6 is 11.3 Å². The van der Waals surface area contributed by atoms with Gasteiger partial charge in [-0.15, -0.1) is 11.3 Å². The fourth-order valence-electron chi connectivity index (χ4n) is 6.84. The van der Waals surface area contributed by atoms with Crippen molar-refractivity contribution in [1.82, 2.24) is 14.8 Å². The van der Waals surface area contributed by atoms with Crippen LogP contribution < -0.4 is 10.2 Å². The number of aromatic hydroxyl groups is 1. The van der Waals surface area contributed by atoms with E-state index in [1.807, 2.05) is 35.2 Å². The van der Waals surface area contributed by atoms with Crippen LogP contribution in [0.4, 0.5) is 15.2 Å². The van der Waals surface area contributed by atoms with Crippen molar-refractivity contribution in [2.45, 2.75) is 52.4 Å². The standard InChI is InChI=1S/C42H52FN5O7S/c1-42(2,3)13-20-54-22-24-55-23-21-53-19-12-37(50)47-17-15-46(16-18-47)33-9-6-29(7-10-33)30-4-5-31-28-48(40(52)34(31)26-30)38(35-27-32(43)8-11-36(35)49)39(51)45-41-44-14-25-56-41/h4-11,14,25-27,38,40,49,52H,12-13,15-24,28H2,1-3H3,(H,44,45,51). The number of phenols is 1. The van der Waals surface area contributed by atoms with Gasteiger partial charge in [-0.2, -0.15) is 0 Å². The minimum absolute atomic E-state index is 0.0434. The van der Waals surface area contributed by atoms with Crippen molar-refractivity contribution in [3.8, 4) is 16.9 Å². The van der Waals surface area contributed by atoms with E-state index >= 15 is 0 Å². The SMILES string of the molecule is CC(C)(C)CCOCCOCCOCCC(=O)N1CCN(c2ccc(-c3ccc4c(c3)C(O)N(C(C(=O)Nc3nccs3)c3cc(F)ccc3O)C4)cc2)CC1. The summed E-state index contributed by atoms with van der Waals surface area (Å²) in [5, 5.41) is 27.1. The van der Waals surface area contributed by atoms with Gasteiger partial charge in [0.05, 0.1) is 39.5 Å². The number of ether oxygens (including phenoxy) is 3. The number of hydrogen-bond acceptors (Lipinski definition) is 11. The number of aliphatic hydroxyl groups is 1. The second-order valence-electron chi connectivity index (χ2n) is 15.2. The van der Waals surface area contributed by atoms with Gasteiger partial charge in [-0.1, -0.05) is 45.0 Å². The highest BCUT2D eigenvalue weighted by atomic mass is 32.1. The number of carbonyl (C=O) groups excluding carboxylic acids is 2. The molecule has 4 aromatic rings. The molecule has 3 aromatic carbocycles. The maximum Gasteiger partial charge on any atom is 0.248 e. The first-order valence-electron chi connectivity index (χ1n) is 19.1. The van der Waals surface area contributed by atoms with E-state index in [1.165, 1.54) is 22.3 Å². The third-order valence-electron chi connectivity index (χ3n) is 10.0. The lowest BCUT2D eigenvalue weighted by molar-refractivity contribution is -0.132. The zero-order valence-corrected chi connectivity index (χ0v) is 33.1. The van der Waals surface area contributed by atoms with Crippen LogP contribution in [0.15, 0.2) is 72.2 Å². The first kappa shape index (κ1) is 41.2. The molecule has 2 amide bonds. The predicted octanol–water partition coefficient (Wildman–Crippen LogP) is 6.37. The first-order chi connectivity index (χ1) is 27.0. The fourth-order valence-corrected chi connectivity index (χ4v) is 7.38. The molecule has 56 heavy (non-hydrogen) atoms. The summed E-state index contributed by atoms with van der Waals surface area (Å²) < 4.78 is 31.2. The molecular weight excluding hydrogens is 738 g/mol. The smallest absolute Gasteiger partial charge is 0.248 e. The van der Waals surface area contributed by atoms with Crippen LogP contribution in [-0.2, 0) is 30.3 Å². The summed E-state index contributed by atoms with van der Waals surface area (Å²) in [6.07, 6.45) is 1.71. The van der Waals surface area contributed by atoms with E-state index in [0.29, 0.717) is 63.2 Å². The van der Waals surface area contributed by atoms with Gasteiger partial charge >= 0.3 is 0 Å². The van der Waals surface area contributed by atoms with E-state index in [1.54, 1.807) is 11.6 Å².